The van der Waals surface area contributed by atoms with Crippen molar-refractivity contribution in [3.63, 3.8) is 0 Å². The van der Waals surface area contributed by atoms with Crippen molar-refractivity contribution in [2.75, 3.05) is 11.5 Å². The van der Waals surface area contributed by atoms with Crippen LogP contribution in [-0.2, 0) is 4.74 Å². The van der Waals surface area contributed by atoms with Crippen molar-refractivity contribution in [3.8, 4) is 0 Å². The molecule has 3 aromatic rings. The molecule has 0 spiro atoms. The summed E-state index contributed by atoms with van der Waals surface area (Å²) in [5.74, 6) is -2.35. The molecular weight excluding hydrogens is 406 g/mol. The van der Waals surface area contributed by atoms with Crippen molar-refractivity contribution in [2.45, 2.75) is 0 Å². The molecule has 0 fully saturated rings. The fourth-order valence-corrected chi connectivity index (χ4v) is 3.46. The van der Waals surface area contributed by atoms with Crippen LogP contribution in [0.2, 0.25) is 5.02 Å². The molecule has 3 aromatic carbocycles. The monoisotopic (exact) mass is 419 g/mol. The van der Waals surface area contributed by atoms with Gasteiger partial charge in [0.15, 0.2) is 6.61 Å². The Hall–Kier alpha value is -3.77. The summed E-state index contributed by atoms with van der Waals surface area (Å²) in [5.41, 5.74) is 0.859. The Balaban J connectivity index is 1.58. The largest absolute Gasteiger partial charge is 0.454 e. The van der Waals surface area contributed by atoms with E-state index in [2.05, 4.69) is 0 Å². The van der Waals surface area contributed by atoms with Gasteiger partial charge >= 0.3 is 5.97 Å². The van der Waals surface area contributed by atoms with E-state index in [1.165, 1.54) is 18.2 Å². The number of esters is 1. The Morgan fingerprint density at radius 1 is 0.767 bits per heavy atom. The van der Waals surface area contributed by atoms with E-state index >= 15 is 0 Å². The number of amides is 2. The van der Waals surface area contributed by atoms with Crippen molar-refractivity contribution in [1.29, 1.82) is 0 Å². The van der Waals surface area contributed by atoms with Crippen LogP contribution in [0.4, 0.5) is 5.69 Å². The van der Waals surface area contributed by atoms with E-state index in [1.54, 1.807) is 54.6 Å². The number of carbonyl (C=O) groups is 4. The number of carbonyl (C=O) groups excluding carboxylic acids is 4. The Morgan fingerprint density at radius 3 is 1.93 bits per heavy atom. The fourth-order valence-electron chi connectivity index (χ4n) is 3.22. The van der Waals surface area contributed by atoms with Crippen molar-refractivity contribution < 1.29 is 23.9 Å². The molecule has 0 saturated heterocycles. The quantitative estimate of drug-likeness (QED) is 0.352. The van der Waals surface area contributed by atoms with E-state index in [9.17, 15) is 19.2 Å². The zero-order chi connectivity index (χ0) is 21.3. The summed E-state index contributed by atoms with van der Waals surface area (Å²) < 4.78 is 5.15. The van der Waals surface area contributed by atoms with Crippen LogP contribution in [0.5, 0.6) is 0 Å². The maximum atomic E-state index is 12.8. The minimum atomic E-state index is -0.831. The smallest absolute Gasteiger partial charge is 0.340 e. The molecule has 6 nitrogen and oxygen atoms in total. The lowest BCUT2D eigenvalue weighted by Crippen LogP contribution is -2.31. The molecule has 0 radical (unpaired) electrons. The lowest BCUT2D eigenvalue weighted by molar-refractivity contribution is 0.0475. The number of rotatable bonds is 5. The van der Waals surface area contributed by atoms with E-state index in [1.807, 2.05) is 0 Å². The van der Waals surface area contributed by atoms with Crippen molar-refractivity contribution in [2.24, 2.45) is 0 Å². The molecule has 1 heterocycles. The predicted molar refractivity (Wildman–Crippen MR) is 110 cm³/mol. The number of benzene rings is 3. The molecule has 4 rings (SSSR count). The lowest BCUT2D eigenvalue weighted by atomic mass is 10.1. The Kier molecular flexibility index (Phi) is 5.16. The van der Waals surface area contributed by atoms with Crippen LogP contribution in [0.15, 0.2) is 72.8 Å². The molecule has 0 atom stereocenters. The van der Waals surface area contributed by atoms with Crippen LogP contribution >= 0.6 is 11.6 Å². The summed E-state index contributed by atoms with van der Waals surface area (Å²) in [5, 5.41) is 0.255. The average Bonchev–Trinajstić information content (AvgIpc) is 3.02. The number of ketones is 1. The van der Waals surface area contributed by atoms with Gasteiger partial charge < -0.3 is 4.74 Å². The van der Waals surface area contributed by atoms with Crippen LogP contribution in [0.25, 0.3) is 0 Å². The SMILES string of the molecule is O=C(COC(=O)c1ccccc1N1C(=O)c2ccccc2C1=O)c1ccccc1Cl. The van der Waals surface area contributed by atoms with Gasteiger partial charge in [-0.25, -0.2) is 9.69 Å². The summed E-state index contributed by atoms with van der Waals surface area (Å²) in [4.78, 5) is 51.4. The minimum absolute atomic E-state index is 0.000959. The molecular formula is C23H14ClNO5. The summed E-state index contributed by atoms with van der Waals surface area (Å²) in [6.45, 7) is -0.529. The molecule has 2 amide bonds. The number of nitrogens with zero attached hydrogens (tertiary/aromatic N) is 1. The second-order valence-electron chi connectivity index (χ2n) is 6.49. The second-order valence-corrected chi connectivity index (χ2v) is 6.89. The third-order valence-electron chi connectivity index (χ3n) is 4.67. The summed E-state index contributed by atoms with van der Waals surface area (Å²) >= 11 is 6.00. The number of para-hydroxylation sites is 1. The number of imide groups is 1. The van der Waals surface area contributed by atoms with E-state index in [-0.39, 0.29) is 33.0 Å². The Labute approximate surface area is 176 Å². The molecule has 0 bridgehead atoms. The van der Waals surface area contributed by atoms with Gasteiger partial charge in [0.05, 0.1) is 27.4 Å². The highest BCUT2D eigenvalue weighted by atomic mass is 35.5. The summed E-state index contributed by atoms with van der Waals surface area (Å²) in [7, 11) is 0. The first-order chi connectivity index (χ1) is 14.5. The van der Waals surface area contributed by atoms with Gasteiger partial charge in [0.1, 0.15) is 0 Å². The maximum absolute atomic E-state index is 12.8. The van der Waals surface area contributed by atoms with Crippen LogP contribution < -0.4 is 4.90 Å². The average molecular weight is 420 g/mol. The van der Waals surface area contributed by atoms with Gasteiger partial charge in [-0.15, -0.1) is 0 Å². The van der Waals surface area contributed by atoms with Crippen LogP contribution in [0, 0.1) is 0 Å². The first kappa shape index (κ1) is 19.5. The fraction of sp³-hybridized carbons (Fsp3) is 0.0435. The van der Waals surface area contributed by atoms with E-state index < -0.39 is 30.2 Å². The third-order valence-corrected chi connectivity index (χ3v) is 5.00. The third kappa shape index (κ3) is 3.38. The molecule has 1 aliphatic rings. The standard InChI is InChI=1S/C23H14ClNO5/c24-18-11-5-3-9-16(18)20(26)13-30-23(29)17-10-4-6-12-19(17)25-21(27)14-7-1-2-8-15(14)22(25)28/h1-12H,13H2. The van der Waals surface area contributed by atoms with Crippen LogP contribution in [-0.4, -0.2) is 30.2 Å². The molecule has 1 aliphatic heterocycles. The Morgan fingerprint density at radius 2 is 1.30 bits per heavy atom. The van der Waals surface area contributed by atoms with Gasteiger partial charge in [0.2, 0.25) is 5.78 Å². The molecule has 148 valence electrons. The second kappa shape index (κ2) is 7.93. The van der Waals surface area contributed by atoms with Gasteiger partial charge in [-0.1, -0.05) is 48.0 Å². The molecule has 0 aromatic heterocycles. The molecule has 0 unspecified atom stereocenters. The van der Waals surface area contributed by atoms with E-state index in [0.29, 0.717) is 0 Å². The van der Waals surface area contributed by atoms with Crippen molar-refractivity contribution in [3.05, 3.63) is 100 Å². The van der Waals surface area contributed by atoms with Gasteiger partial charge in [0.25, 0.3) is 11.8 Å². The van der Waals surface area contributed by atoms with Crippen molar-refractivity contribution >= 4 is 40.9 Å². The molecule has 7 heteroatoms. The van der Waals surface area contributed by atoms with Gasteiger partial charge in [0, 0.05) is 5.56 Å². The number of hydrogen-bond donors (Lipinski definition) is 0. The normalized spacial score (nSPS) is 12.6. The number of fused-ring (bicyclic) bond motifs is 1. The highest BCUT2D eigenvalue weighted by Crippen LogP contribution is 2.31. The Bertz CT molecular complexity index is 1170. The number of hydrogen-bond acceptors (Lipinski definition) is 5. The van der Waals surface area contributed by atoms with Gasteiger partial charge in [-0.2, -0.15) is 0 Å². The maximum Gasteiger partial charge on any atom is 0.340 e. The van der Waals surface area contributed by atoms with E-state index in [4.69, 9.17) is 16.3 Å². The molecule has 0 N–H and O–H groups in total. The first-order valence-electron chi connectivity index (χ1n) is 9.00. The molecule has 30 heavy (non-hydrogen) atoms. The highest BCUT2D eigenvalue weighted by Gasteiger charge is 2.38. The molecule has 0 saturated carbocycles. The number of ether oxygens (including phenoxy) is 1. The summed E-state index contributed by atoms with van der Waals surface area (Å²) in [6, 6.07) is 19.0. The number of anilines is 1. The highest BCUT2D eigenvalue weighted by molar-refractivity contribution is 6.35. The lowest BCUT2D eigenvalue weighted by Gasteiger charge is -2.17. The van der Waals surface area contributed by atoms with Crippen LogP contribution in [0.1, 0.15) is 41.4 Å². The van der Waals surface area contributed by atoms with Crippen molar-refractivity contribution in [1.82, 2.24) is 0 Å². The number of halogens is 1. The van der Waals surface area contributed by atoms with E-state index in [0.717, 1.165) is 4.90 Å². The topological polar surface area (TPSA) is 80.8 Å². The molecule has 0 aliphatic carbocycles. The van der Waals surface area contributed by atoms with Gasteiger partial charge in [-0.05, 0) is 36.4 Å². The van der Waals surface area contributed by atoms with Gasteiger partial charge in [-0.3, -0.25) is 14.4 Å². The zero-order valence-corrected chi connectivity index (χ0v) is 16.3. The number of Topliss-reactive ketones (excluding diaryl/α,β-unsaturated/α-hetero) is 1. The summed E-state index contributed by atoms with van der Waals surface area (Å²) in [6.07, 6.45) is 0. The first-order valence-corrected chi connectivity index (χ1v) is 9.38. The minimum Gasteiger partial charge on any atom is -0.454 e. The zero-order valence-electron chi connectivity index (χ0n) is 15.5. The predicted octanol–water partition coefficient (Wildman–Crippen LogP) is 4.18. The van der Waals surface area contributed by atoms with Crippen LogP contribution in [0.3, 0.4) is 0 Å².